The van der Waals surface area contributed by atoms with E-state index in [1.807, 2.05) is 13.1 Å². The number of carbonyl (C=O) groups is 1. The number of nitrogens with one attached hydrogen (secondary N) is 1. The highest BCUT2D eigenvalue weighted by Crippen LogP contribution is 2.29. The van der Waals surface area contributed by atoms with Crippen LogP contribution in [0.2, 0.25) is 0 Å². The number of aromatic nitrogens is 2. The van der Waals surface area contributed by atoms with E-state index < -0.39 is 11.9 Å². The van der Waals surface area contributed by atoms with Crippen molar-refractivity contribution in [3.8, 4) is 6.07 Å². The minimum absolute atomic E-state index is 0.0264. The molecule has 192 valence electrons. The predicted molar refractivity (Wildman–Crippen MR) is 138 cm³/mol. The van der Waals surface area contributed by atoms with E-state index in [-0.39, 0.29) is 23.8 Å². The summed E-state index contributed by atoms with van der Waals surface area (Å²) in [5, 5.41) is 12.6. The van der Waals surface area contributed by atoms with Gasteiger partial charge in [0.05, 0.1) is 23.8 Å². The van der Waals surface area contributed by atoms with Gasteiger partial charge in [0.25, 0.3) is 0 Å². The Kier molecular flexibility index (Phi) is 8.09. The van der Waals surface area contributed by atoms with Crippen molar-refractivity contribution in [2.24, 2.45) is 0 Å². The smallest absolute Gasteiger partial charge is 0.228 e. The van der Waals surface area contributed by atoms with Crippen LogP contribution in [-0.2, 0) is 17.8 Å². The molecule has 37 heavy (non-hydrogen) atoms. The van der Waals surface area contributed by atoms with E-state index in [0.29, 0.717) is 42.3 Å². The van der Waals surface area contributed by atoms with Crippen molar-refractivity contribution < 1.29 is 13.6 Å². The molecule has 1 aliphatic rings. The number of halogens is 2. The Hall–Kier alpha value is -3.90. The van der Waals surface area contributed by atoms with Crippen molar-refractivity contribution in [2.75, 3.05) is 30.4 Å². The quantitative estimate of drug-likeness (QED) is 0.544. The molecule has 1 N–H and O–H groups in total. The highest BCUT2D eigenvalue weighted by molar-refractivity contribution is 5.93. The first-order valence-electron chi connectivity index (χ1n) is 12.3. The van der Waals surface area contributed by atoms with Crippen LogP contribution in [0.4, 0.5) is 20.3 Å². The molecule has 0 saturated carbocycles. The number of aryl methyl sites for hydroxylation is 2. The van der Waals surface area contributed by atoms with Crippen molar-refractivity contribution >= 4 is 17.4 Å². The number of benzene rings is 2. The Balaban J connectivity index is 1.78. The Bertz CT molecular complexity index is 1320. The van der Waals surface area contributed by atoms with Gasteiger partial charge in [-0.15, -0.1) is 0 Å². The van der Waals surface area contributed by atoms with Crippen molar-refractivity contribution in [1.82, 2.24) is 14.9 Å². The van der Waals surface area contributed by atoms with Crippen LogP contribution in [0.3, 0.4) is 0 Å². The van der Waals surface area contributed by atoms with Gasteiger partial charge in [0, 0.05) is 29.8 Å². The summed E-state index contributed by atoms with van der Waals surface area (Å²) in [5.41, 5.74) is 2.43. The van der Waals surface area contributed by atoms with Gasteiger partial charge >= 0.3 is 0 Å². The highest BCUT2D eigenvalue weighted by Gasteiger charge is 2.24. The summed E-state index contributed by atoms with van der Waals surface area (Å²) >= 11 is 0. The van der Waals surface area contributed by atoms with Crippen LogP contribution in [0.15, 0.2) is 42.5 Å². The number of anilines is 2. The lowest BCUT2D eigenvalue weighted by molar-refractivity contribution is -0.119. The maximum atomic E-state index is 14.9. The van der Waals surface area contributed by atoms with E-state index in [1.54, 1.807) is 43.0 Å². The van der Waals surface area contributed by atoms with E-state index in [1.165, 1.54) is 18.2 Å². The first-order chi connectivity index (χ1) is 17.8. The monoisotopic (exact) mass is 504 g/mol. The molecule has 0 spiro atoms. The lowest BCUT2D eigenvalue weighted by Crippen LogP contribution is -2.34. The molecule has 3 aromatic rings. The molecule has 0 aliphatic carbocycles. The molecule has 1 atom stereocenters. The SMILES string of the molecule is Cc1nc2c(c(N[C@H](C)c3cccc(C#N)c3F)n1)CN(c1ccc(F)cc1)C(=O)CCN(C)CCC2. The van der Waals surface area contributed by atoms with E-state index in [4.69, 9.17) is 4.98 Å². The standard InChI is InChI=1S/C28H30F2N6O/c1-18(23-7-4-6-20(16-31)27(23)30)32-28-24-17-36(22-11-9-21(29)10-12-22)26(37)13-15-35(3)14-5-8-25(24)33-19(2)34-28/h4,6-7,9-12,18H,5,8,13-15,17H2,1-3H3,(H,32,33,34)/t18-/m1/s1. The molecule has 2 heterocycles. The van der Waals surface area contributed by atoms with Crippen LogP contribution in [0.25, 0.3) is 0 Å². The molecule has 7 nitrogen and oxygen atoms in total. The number of nitrogens with zero attached hydrogens (tertiary/aromatic N) is 5. The molecule has 4 rings (SSSR count). The maximum Gasteiger partial charge on any atom is 0.228 e. The van der Waals surface area contributed by atoms with Crippen LogP contribution < -0.4 is 10.2 Å². The summed E-state index contributed by atoms with van der Waals surface area (Å²) in [7, 11) is 1.98. The Labute approximate surface area is 215 Å². The molecule has 9 heteroatoms. The normalized spacial score (nSPS) is 15.9. The Morgan fingerprint density at radius 3 is 2.57 bits per heavy atom. The molecular formula is C28H30F2N6O. The second-order valence-electron chi connectivity index (χ2n) is 9.34. The van der Waals surface area contributed by atoms with Crippen LogP contribution in [0, 0.1) is 29.9 Å². The predicted octanol–water partition coefficient (Wildman–Crippen LogP) is 4.91. The molecule has 0 radical (unpaired) electrons. The number of hydrogen-bond donors (Lipinski definition) is 1. The van der Waals surface area contributed by atoms with Gasteiger partial charge in [-0.1, -0.05) is 12.1 Å². The van der Waals surface area contributed by atoms with Gasteiger partial charge in [0.1, 0.15) is 29.3 Å². The molecule has 0 bridgehead atoms. The summed E-state index contributed by atoms with van der Waals surface area (Å²) < 4.78 is 28.6. The first-order valence-corrected chi connectivity index (χ1v) is 12.3. The third kappa shape index (κ3) is 6.09. The zero-order chi connectivity index (χ0) is 26.5. The van der Waals surface area contributed by atoms with Crippen LogP contribution in [0.5, 0.6) is 0 Å². The zero-order valence-corrected chi connectivity index (χ0v) is 21.3. The first kappa shape index (κ1) is 26.2. The number of nitriles is 1. The fourth-order valence-corrected chi connectivity index (χ4v) is 4.55. The van der Waals surface area contributed by atoms with Crippen molar-refractivity contribution in [3.05, 3.63) is 82.3 Å². The molecule has 1 aliphatic heterocycles. The van der Waals surface area contributed by atoms with Gasteiger partial charge in [-0.3, -0.25) is 4.79 Å². The molecular weight excluding hydrogens is 474 g/mol. The average Bonchev–Trinajstić information content (AvgIpc) is 2.89. The van der Waals surface area contributed by atoms with E-state index in [0.717, 1.165) is 24.2 Å². The fraction of sp³-hybridized carbons (Fsp3) is 0.357. The minimum Gasteiger partial charge on any atom is -0.363 e. The van der Waals surface area contributed by atoms with E-state index in [2.05, 4.69) is 15.2 Å². The number of hydrogen-bond acceptors (Lipinski definition) is 6. The highest BCUT2D eigenvalue weighted by atomic mass is 19.1. The summed E-state index contributed by atoms with van der Waals surface area (Å²) in [6.45, 7) is 5.19. The largest absolute Gasteiger partial charge is 0.363 e. The number of carbonyl (C=O) groups excluding carboxylic acids is 1. The summed E-state index contributed by atoms with van der Waals surface area (Å²) in [6.07, 6.45) is 1.83. The second-order valence-corrected chi connectivity index (χ2v) is 9.34. The number of amides is 1. The van der Waals surface area contributed by atoms with Gasteiger partial charge in [0.2, 0.25) is 5.91 Å². The third-order valence-corrected chi connectivity index (χ3v) is 6.59. The van der Waals surface area contributed by atoms with Crippen molar-refractivity contribution in [1.29, 1.82) is 5.26 Å². The summed E-state index contributed by atoms with van der Waals surface area (Å²) in [4.78, 5) is 26.5. The molecule has 1 aromatic heterocycles. The minimum atomic E-state index is -0.574. The van der Waals surface area contributed by atoms with Crippen LogP contribution in [0.1, 0.15) is 54.0 Å². The molecule has 2 aromatic carbocycles. The Morgan fingerprint density at radius 2 is 1.84 bits per heavy atom. The van der Waals surface area contributed by atoms with Gasteiger partial charge in [-0.25, -0.2) is 18.7 Å². The van der Waals surface area contributed by atoms with Gasteiger partial charge in [-0.05, 0) is 70.6 Å². The van der Waals surface area contributed by atoms with Crippen LogP contribution >= 0.6 is 0 Å². The van der Waals surface area contributed by atoms with Crippen LogP contribution in [-0.4, -0.2) is 40.9 Å². The van der Waals surface area contributed by atoms with Gasteiger partial charge in [0.15, 0.2) is 0 Å². The lowest BCUT2D eigenvalue weighted by Gasteiger charge is -2.26. The lowest BCUT2D eigenvalue weighted by atomic mass is 10.0. The average molecular weight is 505 g/mol. The second kappa shape index (κ2) is 11.4. The topological polar surface area (TPSA) is 85.1 Å². The van der Waals surface area contributed by atoms with Crippen molar-refractivity contribution in [3.63, 3.8) is 0 Å². The molecule has 0 unspecified atom stereocenters. The van der Waals surface area contributed by atoms with Gasteiger partial charge in [-0.2, -0.15) is 5.26 Å². The van der Waals surface area contributed by atoms with E-state index in [9.17, 15) is 18.8 Å². The third-order valence-electron chi connectivity index (χ3n) is 6.59. The van der Waals surface area contributed by atoms with Gasteiger partial charge < -0.3 is 15.1 Å². The fourth-order valence-electron chi connectivity index (χ4n) is 4.55. The Morgan fingerprint density at radius 1 is 1.08 bits per heavy atom. The number of fused-ring (bicyclic) bond motifs is 1. The summed E-state index contributed by atoms with van der Waals surface area (Å²) in [5.74, 6) is 0.00562. The summed E-state index contributed by atoms with van der Waals surface area (Å²) in [6, 6.07) is 11.9. The molecule has 0 fully saturated rings. The molecule has 0 saturated heterocycles. The number of rotatable bonds is 4. The maximum absolute atomic E-state index is 14.9. The van der Waals surface area contributed by atoms with Crippen molar-refractivity contribution in [2.45, 2.75) is 45.7 Å². The molecule has 1 amide bonds. The zero-order valence-electron chi connectivity index (χ0n) is 21.3. The van der Waals surface area contributed by atoms with E-state index >= 15 is 0 Å².